The Labute approximate surface area is 107 Å². The van der Waals surface area contributed by atoms with Crippen LogP contribution >= 0.6 is 11.6 Å². The summed E-state index contributed by atoms with van der Waals surface area (Å²) >= 11 is 5.73. The largest absolute Gasteiger partial charge is 0.364 e. The average Bonchev–Trinajstić information content (AvgIpc) is 2.75. The number of nitrogens with zero attached hydrogens (tertiary/aromatic N) is 5. The van der Waals surface area contributed by atoms with Crippen molar-refractivity contribution in [1.82, 2.24) is 19.7 Å². The molecule has 2 heterocycles. The molecule has 0 radical (unpaired) electrons. The molecule has 94 valence electrons. The van der Waals surface area contributed by atoms with Gasteiger partial charge in [0.1, 0.15) is 6.33 Å². The zero-order chi connectivity index (χ0) is 13.1. The van der Waals surface area contributed by atoms with Crippen LogP contribution in [-0.2, 0) is 0 Å². The number of nitrogens with one attached hydrogen (secondary N) is 1. The molecule has 1 N–H and O–H groups in total. The Morgan fingerprint density at radius 3 is 2.89 bits per heavy atom. The van der Waals surface area contributed by atoms with Crippen LogP contribution in [0.25, 0.3) is 5.82 Å². The third kappa shape index (κ3) is 2.23. The van der Waals surface area contributed by atoms with Gasteiger partial charge < -0.3 is 5.32 Å². The molecular formula is C9H9ClN6O2. The van der Waals surface area contributed by atoms with Crippen LogP contribution in [-0.4, -0.2) is 31.2 Å². The highest BCUT2D eigenvalue weighted by Gasteiger charge is 2.24. The highest BCUT2D eigenvalue weighted by atomic mass is 35.5. The van der Waals surface area contributed by atoms with Gasteiger partial charge in [0.2, 0.25) is 11.6 Å². The minimum atomic E-state index is -0.553. The van der Waals surface area contributed by atoms with E-state index in [4.69, 9.17) is 11.6 Å². The third-order valence-electron chi connectivity index (χ3n) is 2.10. The fourth-order valence-electron chi connectivity index (χ4n) is 1.42. The predicted octanol–water partition coefficient (Wildman–Crippen LogP) is 1.66. The lowest BCUT2D eigenvalue weighted by molar-refractivity contribution is -0.384. The highest BCUT2D eigenvalue weighted by Crippen LogP contribution is 2.27. The van der Waals surface area contributed by atoms with Gasteiger partial charge in [-0.1, -0.05) is 11.6 Å². The van der Waals surface area contributed by atoms with Crippen molar-refractivity contribution in [1.29, 1.82) is 0 Å². The Morgan fingerprint density at radius 2 is 2.33 bits per heavy atom. The monoisotopic (exact) mass is 268 g/mol. The summed E-state index contributed by atoms with van der Waals surface area (Å²) in [4.78, 5) is 18.3. The van der Waals surface area contributed by atoms with Crippen LogP contribution in [0.4, 0.5) is 11.5 Å². The van der Waals surface area contributed by atoms with Gasteiger partial charge in [0, 0.05) is 6.54 Å². The van der Waals surface area contributed by atoms with Crippen LogP contribution in [0.3, 0.4) is 0 Å². The van der Waals surface area contributed by atoms with Gasteiger partial charge in [0.25, 0.3) is 0 Å². The molecule has 8 nitrogen and oxygen atoms in total. The summed E-state index contributed by atoms with van der Waals surface area (Å²) in [7, 11) is 0. The van der Waals surface area contributed by atoms with E-state index in [0.29, 0.717) is 11.6 Å². The lowest BCUT2D eigenvalue weighted by Crippen LogP contribution is -2.09. The van der Waals surface area contributed by atoms with Crippen molar-refractivity contribution in [3.63, 3.8) is 0 Å². The van der Waals surface area contributed by atoms with Gasteiger partial charge in [0.15, 0.2) is 0 Å². The van der Waals surface area contributed by atoms with Crippen molar-refractivity contribution in [2.45, 2.75) is 6.92 Å². The maximum atomic E-state index is 11.1. The summed E-state index contributed by atoms with van der Waals surface area (Å²) in [6, 6.07) is 0. The molecule has 2 aromatic rings. The molecule has 0 saturated carbocycles. The van der Waals surface area contributed by atoms with Crippen molar-refractivity contribution < 1.29 is 4.92 Å². The predicted molar refractivity (Wildman–Crippen MR) is 65.0 cm³/mol. The normalized spacial score (nSPS) is 10.3. The van der Waals surface area contributed by atoms with E-state index < -0.39 is 4.92 Å². The summed E-state index contributed by atoms with van der Waals surface area (Å²) in [6.07, 6.45) is 4.04. The molecule has 2 aromatic heterocycles. The third-order valence-corrected chi connectivity index (χ3v) is 2.29. The molecule has 0 bridgehead atoms. The Hall–Kier alpha value is -2.22. The van der Waals surface area contributed by atoms with E-state index in [1.165, 1.54) is 23.4 Å². The first-order valence-corrected chi connectivity index (χ1v) is 5.45. The quantitative estimate of drug-likeness (QED) is 0.669. The van der Waals surface area contributed by atoms with E-state index in [1.54, 1.807) is 0 Å². The first-order chi connectivity index (χ1) is 8.63. The van der Waals surface area contributed by atoms with Crippen LogP contribution in [0.5, 0.6) is 0 Å². The van der Waals surface area contributed by atoms with Crippen molar-refractivity contribution >= 4 is 23.1 Å². The van der Waals surface area contributed by atoms with E-state index in [1.807, 2.05) is 6.92 Å². The molecular weight excluding hydrogens is 260 g/mol. The minimum Gasteiger partial charge on any atom is -0.364 e. The SMILES string of the molecule is CCNc1ncnc(-n2cc(Cl)cn2)c1[N+](=O)[O-]. The smallest absolute Gasteiger partial charge is 0.355 e. The molecule has 0 aromatic carbocycles. The summed E-state index contributed by atoms with van der Waals surface area (Å²) in [5.74, 6) is 0.219. The fraction of sp³-hybridized carbons (Fsp3) is 0.222. The second kappa shape index (κ2) is 4.96. The molecule has 0 unspecified atom stereocenters. The molecule has 0 amide bonds. The number of halogens is 1. The van der Waals surface area contributed by atoms with Crippen LogP contribution in [0.1, 0.15) is 6.92 Å². The minimum absolute atomic E-state index is 0.0675. The maximum Gasteiger partial charge on any atom is 0.355 e. The highest BCUT2D eigenvalue weighted by molar-refractivity contribution is 6.30. The molecule has 0 fully saturated rings. The number of hydrogen-bond acceptors (Lipinski definition) is 6. The van der Waals surface area contributed by atoms with Crippen LogP contribution in [0.2, 0.25) is 5.02 Å². The van der Waals surface area contributed by atoms with E-state index in [9.17, 15) is 10.1 Å². The van der Waals surface area contributed by atoms with Gasteiger partial charge in [-0.15, -0.1) is 0 Å². The van der Waals surface area contributed by atoms with Crippen molar-refractivity contribution in [3.05, 3.63) is 33.9 Å². The summed E-state index contributed by atoms with van der Waals surface area (Å²) < 4.78 is 1.24. The topological polar surface area (TPSA) is 98.8 Å². The Bertz CT molecular complexity index is 584. The Balaban J connectivity index is 2.59. The molecule has 0 atom stereocenters. The Kier molecular flexibility index (Phi) is 3.38. The molecule has 0 saturated heterocycles. The lowest BCUT2D eigenvalue weighted by atomic mass is 10.4. The molecule has 0 spiro atoms. The zero-order valence-electron chi connectivity index (χ0n) is 9.37. The second-order valence-electron chi connectivity index (χ2n) is 3.29. The van der Waals surface area contributed by atoms with E-state index in [-0.39, 0.29) is 17.3 Å². The lowest BCUT2D eigenvalue weighted by Gasteiger charge is -2.06. The number of nitro groups is 1. The van der Waals surface area contributed by atoms with Gasteiger partial charge in [-0.3, -0.25) is 10.1 Å². The summed E-state index contributed by atoms with van der Waals surface area (Å²) in [5.41, 5.74) is -0.237. The molecule has 18 heavy (non-hydrogen) atoms. The van der Waals surface area contributed by atoms with Crippen molar-refractivity contribution in [2.75, 3.05) is 11.9 Å². The maximum absolute atomic E-state index is 11.1. The number of aromatic nitrogens is 4. The number of anilines is 1. The number of hydrogen-bond donors (Lipinski definition) is 1. The van der Waals surface area contributed by atoms with E-state index in [2.05, 4.69) is 20.4 Å². The second-order valence-corrected chi connectivity index (χ2v) is 3.72. The molecule has 9 heteroatoms. The van der Waals surface area contributed by atoms with Crippen molar-refractivity contribution in [3.8, 4) is 5.82 Å². The van der Waals surface area contributed by atoms with E-state index >= 15 is 0 Å². The van der Waals surface area contributed by atoms with Crippen molar-refractivity contribution in [2.24, 2.45) is 0 Å². The van der Waals surface area contributed by atoms with E-state index in [0.717, 1.165) is 0 Å². The van der Waals surface area contributed by atoms with Crippen LogP contribution in [0, 0.1) is 10.1 Å². The standard InChI is InChI=1S/C9H9ClN6O2/c1-2-11-8-7(16(17)18)9(13-5-12-8)15-4-6(10)3-14-15/h3-5H,2H2,1H3,(H,11,12,13). The first kappa shape index (κ1) is 12.2. The molecule has 0 aliphatic carbocycles. The summed E-state index contributed by atoms with van der Waals surface area (Å²) in [6.45, 7) is 2.33. The Morgan fingerprint density at radius 1 is 1.56 bits per heavy atom. The summed E-state index contributed by atoms with van der Waals surface area (Å²) in [5, 5.41) is 18.2. The van der Waals surface area contributed by atoms with Crippen LogP contribution < -0.4 is 5.32 Å². The van der Waals surface area contributed by atoms with Gasteiger partial charge in [-0.05, 0) is 6.92 Å². The van der Waals surface area contributed by atoms with Gasteiger partial charge >= 0.3 is 5.69 Å². The van der Waals surface area contributed by atoms with Gasteiger partial charge in [-0.25, -0.2) is 14.6 Å². The van der Waals surface area contributed by atoms with Gasteiger partial charge in [0.05, 0.1) is 22.3 Å². The zero-order valence-corrected chi connectivity index (χ0v) is 10.1. The molecule has 2 rings (SSSR count). The molecule has 0 aliphatic heterocycles. The molecule has 0 aliphatic rings. The number of rotatable bonds is 4. The van der Waals surface area contributed by atoms with Gasteiger partial charge in [-0.2, -0.15) is 5.10 Å². The fourth-order valence-corrected chi connectivity index (χ4v) is 1.55. The first-order valence-electron chi connectivity index (χ1n) is 5.07. The average molecular weight is 269 g/mol. The van der Waals surface area contributed by atoms with Crippen LogP contribution in [0.15, 0.2) is 18.7 Å².